The summed E-state index contributed by atoms with van der Waals surface area (Å²) in [6, 6.07) is 3.40. The number of anilines is 1. The third-order valence-electron chi connectivity index (χ3n) is 6.58. The van der Waals surface area contributed by atoms with Gasteiger partial charge in [0, 0.05) is 37.2 Å². The molecule has 1 saturated heterocycles. The number of rotatable bonds is 12. The van der Waals surface area contributed by atoms with E-state index in [1.807, 2.05) is 11.5 Å². The van der Waals surface area contributed by atoms with Crippen LogP contribution < -0.4 is 16.1 Å². The number of hydrogen-bond acceptors (Lipinski definition) is 8. The molecule has 4 rings (SSSR count). The van der Waals surface area contributed by atoms with Gasteiger partial charge in [-0.15, -0.1) is 0 Å². The average Bonchev–Trinajstić information content (AvgIpc) is 3.72. The van der Waals surface area contributed by atoms with Crippen molar-refractivity contribution in [3.8, 4) is 0 Å². The summed E-state index contributed by atoms with van der Waals surface area (Å²) in [6.45, 7) is 3.05. The predicted molar refractivity (Wildman–Crippen MR) is 140 cm³/mol. The van der Waals surface area contributed by atoms with Crippen LogP contribution in [-0.4, -0.2) is 72.6 Å². The Bertz CT molecular complexity index is 1260. The first-order valence-electron chi connectivity index (χ1n) is 12.8. The van der Waals surface area contributed by atoms with Crippen molar-refractivity contribution in [2.24, 2.45) is 0 Å². The number of benzene rings is 1. The lowest BCUT2D eigenvalue weighted by atomic mass is 10.1. The molecule has 1 aliphatic heterocycles. The molecule has 2 fully saturated rings. The number of hydrogen-bond donors (Lipinski definition) is 3. The second-order valence-corrected chi connectivity index (χ2v) is 9.88. The zero-order chi connectivity index (χ0) is 27.2. The van der Waals surface area contributed by atoms with Gasteiger partial charge in [0.25, 0.3) is 0 Å². The Balaban J connectivity index is 1.21. The molecule has 1 saturated carbocycles. The van der Waals surface area contributed by atoms with Crippen LogP contribution in [0.25, 0.3) is 10.9 Å². The number of carbonyl (C=O) groups is 3. The van der Waals surface area contributed by atoms with Crippen molar-refractivity contribution in [1.82, 2.24) is 9.88 Å². The van der Waals surface area contributed by atoms with Gasteiger partial charge in [-0.25, -0.2) is 4.79 Å². The predicted octanol–water partition coefficient (Wildman–Crippen LogP) is 2.73. The van der Waals surface area contributed by atoms with Crippen LogP contribution >= 0.6 is 11.6 Å². The minimum absolute atomic E-state index is 0.0750. The molecule has 0 radical (unpaired) electrons. The normalized spacial score (nSPS) is 19.2. The summed E-state index contributed by atoms with van der Waals surface area (Å²) in [6.07, 6.45) is 4.44. The zero-order valence-corrected chi connectivity index (χ0v) is 21.9. The second kappa shape index (κ2) is 12.6. The number of carboxylic acids is 1. The van der Waals surface area contributed by atoms with E-state index in [-0.39, 0.29) is 61.3 Å². The van der Waals surface area contributed by atoms with Gasteiger partial charge >= 0.3 is 11.9 Å². The number of nitrogens with zero attached hydrogens (tertiary/aromatic N) is 1. The minimum atomic E-state index is -1.27. The number of aromatic nitrogens is 1. The average molecular weight is 550 g/mol. The fourth-order valence-corrected chi connectivity index (χ4v) is 4.58. The van der Waals surface area contributed by atoms with E-state index < -0.39 is 17.4 Å². The summed E-state index contributed by atoms with van der Waals surface area (Å²) < 4.78 is 18.1. The standard InChI is InChI=1S/C26H32ClN3O8/c1-15-22(3-2-8-37-15)38-24(32)13-29-23(31)6-9-36-10-7-28-20-11-17-21(12-19(20)27)30(16-4-5-16)14-18(25(17)33)26(34)35/h11-12,14-16,22,28H,2-10,13H2,1H3,(H,29,31)(H,34,35)/t15?,22-/m1/s1. The van der Waals surface area contributed by atoms with E-state index in [1.165, 1.54) is 6.20 Å². The molecule has 2 aliphatic rings. The molecule has 1 amide bonds. The van der Waals surface area contributed by atoms with Crippen LogP contribution in [0.4, 0.5) is 5.69 Å². The van der Waals surface area contributed by atoms with E-state index in [1.54, 1.807) is 12.1 Å². The van der Waals surface area contributed by atoms with Crippen molar-refractivity contribution in [2.45, 2.75) is 57.3 Å². The van der Waals surface area contributed by atoms with Crippen LogP contribution in [0.5, 0.6) is 0 Å². The molecule has 2 aromatic rings. The van der Waals surface area contributed by atoms with Crippen molar-refractivity contribution in [2.75, 3.05) is 38.2 Å². The fourth-order valence-electron chi connectivity index (χ4n) is 4.36. The first-order chi connectivity index (χ1) is 18.2. The maximum Gasteiger partial charge on any atom is 0.341 e. The van der Waals surface area contributed by atoms with Gasteiger partial charge in [0.15, 0.2) is 0 Å². The summed E-state index contributed by atoms with van der Waals surface area (Å²) in [7, 11) is 0. The van der Waals surface area contributed by atoms with Gasteiger partial charge in [0.05, 0.1) is 35.5 Å². The van der Waals surface area contributed by atoms with E-state index in [0.29, 0.717) is 29.4 Å². The molecule has 2 atom stereocenters. The van der Waals surface area contributed by atoms with Crippen LogP contribution in [0, 0.1) is 0 Å². The topological polar surface area (TPSA) is 145 Å². The van der Waals surface area contributed by atoms with Gasteiger partial charge in [0.2, 0.25) is 11.3 Å². The van der Waals surface area contributed by atoms with Gasteiger partial charge in [-0.2, -0.15) is 0 Å². The fraction of sp³-hybridized carbons (Fsp3) is 0.538. The molecule has 2 heterocycles. The van der Waals surface area contributed by atoms with Crippen molar-refractivity contribution in [3.05, 3.63) is 39.1 Å². The first-order valence-corrected chi connectivity index (χ1v) is 13.1. The van der Waals surface area contributed by atoms with E-state index in [2.05, 4.69) is 10.6 Å². The quantitative estimate of drug-likeness (QED) is 0.269. The molecule has 1 unspecified atom stereocenters. The Hall–Kier alpha value is -3.15. The Kier molecular flexibility index (Phi) is 9.24. The maximum atomic E-state index is 12.8. The summed E-state index contributed by atoms with van der Waals surface area (Å²) in [5, 5.41) is 15.7. The number of aromatic carboxylic acids is 1. The van der Waals surface area contributed by atoms with Crippen LogP contribution in [-0.2, 0) is 23.8 Å². The molecule has 0 bridgehead atoms. The molecular formula is C26H32ClN3O8. The monoisotopic (exact) mass is 549 g/mol. The number of ether oxygens (including phenoxy) is 3. The number of esters is 1. The van der Waals surface area contributed by atoms with E-state index >= 15 is 0 Å². The van der Waals surface area contributed by atoms with Crippen LogP contribution in [0.15, 0.2) is 23.1 Å². The minimum Gasteiger partial charge on any atom is -0.477 e. The Morgan fingerprint density at radius 3 is 2.71 bits per heavy atom. The molecule has 1 aliphatic carbocycles. The zero-order valence-electron chi connectivity index (χ0n) is 21.2. The largest absolute Gasteiger partial charge is 0.477 e. The molecule has 3 N–H and O–H groups in total. The summed E-state index contributed by atoms with van der Waals surface area (Å²) >= 11 is 6.43. The van der Waals surface area contributed by atoms with Crippen molar-refractivity contribution in [1.29, 1.82) is 0 Å². The highest BCUT2D eigenvalue weighted by Gasteiger charge is 2.27. The Morgan fingerprint density at radius 1 is 1.21 bits per heavy atom. The molecule has 206 valence electrons. The SMILES string of the molecule is CC1OCCC[C@H]1OC(=O)CNC(=O)CCOCCNc1cc2c(=O)c(C(=O)O)cn(C3CC3)c2cc1Cl. The summed E-state index contributed by atoms with van der Waals surface area (Å²) in [4.78, 5) is 48.3. The van der Waals surface area contributed by atoms with E-state index in [0.717, 1.165) is 25.7 Å². The number of nitrogens with one attached hydrogen (secondary N) is 2. The van der Waals surface area contributed by atoms with Crippen molar-refractivity contribution in [3.63, 3.8) is 0 Å². The van der Waals surface area contributed by atoms with Crippen LogP contribution in [0.3, 0.4) is 0 Å². The highest BCUT2D eigenvalue weighted by atomic mass is 35.5. The third-order valence-corrected chi connectivity index (χ3v) is 6.89. The Morgan fingerprint density at radius 2 is 2.00 bits per heavy atom. The number of halogens is 1. The highest BCUT2D eigenvalue weighted by molar-refractivity contribution is 6.34. The van der Waals surface area contributed by atoms with Crippen LogP contribution in [0.2, 0.25) is 5.02 Å². The summed E-state index contributed by atoms with van der Waals surface area (Å²) in [5.74, 6) is -2.10. The Labute approximate surface area is 224 Å². The lowest BCUT2D eigenvalue weighted by molar-refractivity contribution is -0.161. The second-order valence-electron chi connectivity index (χ2n) is 9.48. The number of carbonyl (C=O) groups excluding carboxylic acids is 2. The van der Waals surface area contributed by atoms with Gasteiger partial charge in [-0.05, 0) is 44.7 Å². The van der Waals surface area contributed by atoms with Crippen molar-refractivity contribution >= 4 is 46.0 Å². The lowest BCUT2D eigenvalue weighted by Crippen LogP contribution is -2.39. The van der Waals surface area contributed by atoms with Gasteiger partial charge < -0.3 is 34.5 Å². The molecule has 1 aromatic carbocycles. The highest BCUT2D eigenvalue weighted by Crippen LogP contribution is 2.38. The molecule has 12 heteroatoms. The first kappa shape index (κ1) is 27.9. The van der Waals surface area contributed by atoms with Gasteiger partial charge in [0.1, 0.15) is 18.2 Å². The van der Waals surface area contributed by atoms with Gasteiger partial charge in [-0.3, -0.25) is 14.4 Å². The third kappa shape index (κ3) is 7.03. The molecular weight excluding hydrogens is 518 g/mol. The maximum absolute atomic E-state index is 12.8. The molecule has 1 aromatic heterocycles. The summed E-state index contributed by atoms with van der Waals surface area (Å²) in [5.41, 5.74) is 0.256. The molecule has 11 nitrogen and oxygen atoms in total. The van der Waals surface area contributed by atoms with Crippen LogP contribution in [0.1, 0.15) is 55.4 Å². The number of amides is 1. The van der Waals surface area contributed by atoms with E-state index in [9.17, 15) is 24.3 Å². The van der Waals surface area contributed by atoms with Crippen molar-refractivity contribution < 1.29 is 33.7 Å². The number of fused-ring (bicyclic) bond motifs is 1. The number of pyridine rings is 1. The lowest BCUT2D eigenvalue weighted by Gasteiger charge is -2.28. The smallest absolute Gasteiger partial charge is 0.341 e. The van der Waals surface area contributed by atoms with Gasteiger partial charge in [-0.1, -0.05) is 11.6 Å². The molecule has 0 spiro atoms. The number of carboxylic acid groups (broad SMARTS) is 1. The molecule has 38 heavy (non-hydrogen) atoms. The van der Waals surface area contributed by atoms with E-state index in [4.69, 9.17) is 25.8 Å².